The molecule has 1 saturated heterocycles. The number of esters is 1. The SMILES string of the molecule is CCCCCCCCCCCCCCCCC1C(=O)O[C@H](C)C1O. The van der Waals surface area contributed by atoms with E-state index >= 15 is 0 Å². The Morgan fingerprint density at radius 1 is 0.792 bits per heavy atom. The van der Waals surface area contributed by atoms with Gasteiger partial charge in [0.2, 0.25) is 0 Å². The Balaban J connectivity index is 1.80. The van der Waals surface area contributed by atoms with Crippen LogP contribution < -0.4 is 0 Å². The first kappa shape index (κ1) is 21.5. The molecule has 0 saturated carbocycles. The van der Waals surface area contributed by atoms with Crippen molar-refractivity contribution in [1.29, 1.82) is 0 Å². The average Bonchev–Trinajstić information content (AvgIpc) is 2.81. The van der Waals surface area contributed by atoms with Crippen molar-refractivity contribution in [2.45, 2.75) is 122 Å². The van der Waals surface area contributed by atoms with Crippen molar-refractivity contribution in [3.63, 3.8) is 0 Å². The van der Waals surface area contributed by atoms with Crippen molar-refractivity contribution in [3.8, 4) is 0 Å². The summed E-state index contributed by atoms with van der Waals surface area (Å²) in [5.41, 5.74) is 0. The van der Waals surface area contributed by atoms with Gasteiger partial charge in [0.1, 0.15) is 12.2 Å². The summed E-state index contributed by atoms with van der Waals surface area (Å²) in [6.45, 7) is 4.04. The lowest BCUT2D eigenvalue weighted by molar-refractivity contribution is -0.143. The van der Waals surface area contributed by atoms with Gasteiger partial charge in [0.15, 0.2) is 0 Å². The molecule has 0 bridgehead atoms. The third-order valence-electron chi connectivity index (χ3n) is 5.37. The molecular weight excluding hydrogens is 300 g/mol. The third kappa shape index (κ3) is 9.05. The van der Waals surface area contributed by atoms with Crippen molar-refractivity contribution in [1.82, 2.24) is 0 Å². The second-order valence-corrected chi connectivity index (χ2v) is 7.62. The summed E-state index contributed by atoms with van der Waals surface area (Å²) >= 11 is 0. The Labute approximate surface area is 149 Å². The molecule has 24 heavy (non-hydrogen) atoms. The summed E-state index contributed by atoms with van der Waals surface area (Å²) in [4.78, 5) is 11.6. The van der Waals surface area contributed by atoms with Gasteiger partial charge in [-0.25, -0.2) is 0 Å². The van der Waals surface area contributed by atoms with Gasteiger partial charge in [-0.3, -0.25) is 4.79 Å². The fraction of sp³-hybridized carbons (Fsp3) is 0.952. The smallest absolute Gasteiger partial charge is 0.312 e. The first-order valence-corrected chi connectivity index (χ1v) is 10.6. The Morgan fingerprint density at radius 2 is 1.21 bits per heavy atom. The van der Waals surface area contributed by atoms with Gasteiger partial charge in [0, 0.05) is 0 Å². The molecule has 0 aromatic heterocycles. The number of cyclic esters (lactones) is 1. The van der Waals surface area contributed by atoms with E-state index in [0.29, 0.717) is 0 Å². The van der Waals surface area contributed by atoms with Gasteiger partial charge in [-0.15, -0.1) is 0 Å². The van der Waals surface area contributed by atoms with Crippen molar-refractivity contribution in [2.75, 3.05) is 0 Å². The van der Waals surface area contributed by atoms with E-state index < -0.39 is 6.10 Å². The standard InChI is InChI=1S/C21H40O3/c1-3-4-5-6-7-8-9-10-11-12-13-14-15-16-17-19-20(22)18(2)24-21(19)23/h18-20,22H,3-17H2,1-2H3/t18-,19?,20?/m1/s1. The quantitative estimate of drug-likeness (QED) is 0.303. The molecular formula is C21H40O3. The van der Waals surface area contributed by atoms with Crippen molar-refractivity contribution in [3.05, 3.63) is 0 Å². The first-order valence-electron chi connectivity index (χ1n) is 10.6. The molecule has 1 N–H and O–H groups in total. The van der Waals surface area contributed by atoms with E-state index in [-0.39, 0.29) is 18.0 Å². The maximum Gasteiger partial charge on any atom is 0.312 e. The minimum atomic E-state index is -0.598. The van der Waals surface area contributed by atoms with Crippen molar-refractivity contribution >= 4 is 5.97 Å². The average molecular weight is 341 g/mol. The Bertz CT molecular complexity index is 316. The molecule has 0 spiro atoms. The summed E-state index contributed by atoms with van der Waals surface area (Å²) in [5, 5.41) is 9.89. The van der Waals surface area contributed by atoms with Crippen molar-refractivity contribution in [2.24, 2.45) is 5.92 Å². The maximum absolute atomic E-state index is 11.6. The van der Waals surface area contributed by atoms with Gasteiger partial charge in [-0.2, -0.15) is 0 Å². The van der Waals surface area contributed by atoms with Crippen LogP contribution in [0.5, 0.6) is 0 Å². The first-order chi connectivity index (χ1) is 11.7. The maximum atomic E-state index is 11.6. The van der Waals surface area contributed by atoms with E-state index in [2.05, 4.69) is 6.92 Å². The van der Waals surface area contributed by atoms with E-state index in [4.69, 9.17) is 4.74 Å². The van der Waals surface area contributed by atoms with Gasteiger partial charge in [-0.05, 0) is 13.3 Å². The second kappa shape index (κ2) is 13.7. The van der Waals surface area contributed by atoms with Crippen LogP contribution in [-0.4, -0.2) is 23.3 Å². The second-order valence-electron chi connectivity index (χ2n) is 7.62. The number of aliphatic hydroxyl groups is 1. The Kier molecular flexibility index (Phi) is 12.2. The highest BCUT2D eigenvalue weighted by Gasteiger charge is 2.40. The number of hydrogen-bond acceptors (Lipinski definition) is 3. The highest BCUT2D eigenvalue weighted by atomic mass is 16.6. The minimum Gasteiger partial charge on any atom is -0.460 e. The van der Waals surface area contributed by atoms with Crippen LogP contribution in [0.1, 0.15) is 110 Å². The fourth-order valence-electron chi connectivity index (χ4n) is 3.65. The minimum absolute atomic E-state index is 0.204. The predicted molar refractivity (Wildman–Crippen MR) is 100.0 cm³/mol. The lowest BCUT2D eigenvalue weighted by Gasteiger charge is -2.11. The molecule has 1 aliphatic rings. The predicted octanol–water partition coefficient (Wildman–Crippen LogP) is 5.78. The molecule has 142 valence electrons. The van der Waals surface area contributed by atoms with E-state index in [1.807, 2.05) is 0 Å². The summed E-state index contributed by atoms with van der Waals surface area (Å²) in [5.74, 6) is -0.484. The molecule has 0 amide bonds. The van der Waals surface area contributed by atoms with E-state index in [9.17, 15) is 9.90 Å². The molecule has 1 aliphatic heterocycles. The van der Waals surface area contributed by atoms with Crippen LogP contribution in [0, 0.1) is 5.92 Å². The topological polar surface area (TPSA) is 46.5 Å². The number of hydrogen-bond donors (Lipinski definition) is 1. The molecule has 1 rings (SSSR count). The van der Waals surface area contributed by atoms with Crippen LogP contribution in [0.15, 0.2) is 0 Å². The van der Waals surface area contributed by atoms with Crippen molar-refractivity contribution < 1.29 is 14.6 Å². The zero-order valence-electron chi connectivity index (χ0n) is 16.1. The Morgan fingerprint density at radius 3 is 1.58 bits per heavy atom. The van der Waals surface area contributed by atoms with Gasteiger partial charge >= 0.3 is 5.97 Å². The lowest BCUT2D eigenvalue weighted by Crippen LogP contribution is -2.24. The number of ether oxygens (including phenoxy) is 1. The van der Waals surface area contributed by atoms with Crippen LogP contribution in [-0.2, 0) is 9.53 Å². The van der Waals surface area contributed by atoms with Crippen LogP contribution in [0.3, 0.4) is 0 Å². The summed E-state index contributed by atoms with van der Waals surface area (Å²) in [6.07, 6.45) is 18.6. The normalized spacial score (nSPS) is 23.6. The molecule has 0 aromatic rings. The molecule has 0 aromatic carbocycles. The number of rotatable bonds is 15. The van der Waals surface area contributed by atoms with Gasteiger partial charge in [0.25, 0.3) is 0 Å². The molecule has 0 radical (unpaired) electrons. The van der Waals surface area contributed by atoms with E-state index in [0.717, 1.165) is 12.8 Å². The summed E-state index contributed by atoms with van der Waals surface area (Å²) < 4.78 is 5.07. The van der Waals surface area contributed by atoms with Gasteiger partial charge in [0.05, 0.1) is 5.92 Å². The van der Waals surface area contributed by atoms with Crippen LogP contribution in [0.4, 0.5) is 0 Å². The molecule has 0 aliphatic carbocycles. The molecule has 2 unspecified atom stereocenters. The molecule has 3 nitrogen and oxygen atoms in total. The van der Waals surface area contributed by atoms with E-state index in [1.165, 1.54) is 83.5 Å². The zero-order valence-corrected chi connectivity index (χ0v) is 16.1. The van der Waals surface area contributed by atoms with Crippen LogP contribution in [0.2, 0.25) is 0 Å². The monoisotopic (exact) mass is 340 g/mol. The third-order valence-corrected chi connectivity index (χ3v) is 5.37. The zero-order chi connectivity index (χ0) is 17.6. The number of unbranched alkanes of at least 4 members (excludes halogenated alkanes) is 13. The molecule has 3 atom stereocenters. The number of carbonyl (C=O) groups excluding carboxylic acids is 1. The summed E-state index contributed by atoms with van der Waals surface area (Å²) in [7, 11) is 0. The number of aliphatic hydroxyl groups excluding tert-OH is 1. The fourth-order valence-corrected chi connectivity index (χ4v) is 3.65. The highest BCUT2D eigenvalue weighted by Crippen LogP contribution is 2.26. The van der Waals surface area contributed by atoms with Gasteiger partial charge < -0.3 is 9.84 Å². The largest absolute Gasteiger partial charge is 0.460 e. The van der Waals surface area contributed by atoms with Crippen LogP contribution in [0.25, 0.3) is 0 Å². The van der Waals surface area contributed by atoms with Gasteiger partial charge in [-0.1, -0.05) is 96.8 Å². The van der Waals surface area contributed by atoms with E-state index in [1.54, 1.807) is 6.92 Å². The lowest BCUT2D eigenvalue weighted by atomic mass is 9.95. The van der Waals surface area contributed by atoms with Crippen LogP contribution >= 0.6 is 0 Å². The highest BCUT2D eigenvalue weighted by molar-refractivity contribution is 5.75. The molecule has 3 heteroatoms. The number of carbonyl (C=O) groups is 1. The molecule has 1 heterocycles. The molecule has 1 fully saturated rings. The Hall–Kier alpha value is -0.570. The summed E-state index contributed by atoms with van der Waals surface area (Å²) in [6, 6.07) is 0.